The third kappa shape index (κ3) is 19.5. The van der Waals surface area contributed by atoms with Crippen LogP contribution in [0.15, 0.2) is 60.7 Å². The Labute approximate surface area is 521 Å². The van der Waals surface area contributed by atoms with E-state index in [0.29, 0.717) is 43.5 Å². The maximum atomic E-state index is 15.5. The second kappa shape index (κ2) is 33.8. The summed E-state index contributed by atoms with van der Waals surface area (Å²) in [6.45, 7) is 16.0. The van der Waals surface area contributed by atoms with Crippen molar-refractivity contribution in [1.82, 2.24) is 55.1 Å². The summed E-state index contributed by atoms with van der Waals surface area (Å²) >= 11 is 0. The highest BCUT2D eigenvalue weighted by molar-refractivity contribution is 5.99. The molecule has 23 heteroatoms. The maximum Gasteiger partial charge on any atom is 0.248 e. The van der Waals surface area contributed by atoms with Gasteiger partial charge in [0.1, 0.15) is 54.4 Å². The predicted molar refractivity (Wildman–Crippen MR) is 334 cm³/mol. The third-order valence-electron chi connectivity index (χ3n) is 17.6. The third-order valence-corrected chi connectivity index (χ3v) is 17.6. The highest BCUT2D eigenvalue weighted by Crippen LogP contribution is 2.24. The van der Waals surface area contributed by atoms with Crippen molar-refractivity contribution >= 4 is 65.0 Å². The van der Waals surface area contributed by atoms with Gasteiger partial charge in [0.25, 0.3) is 0 Å². The zero-order valence-corrected chi connectivity index (χ0v) is 55.0. The summed E-state index contributed by atoms with van der Waals surface area (Å²) in [5.74, 6) is -8.07. The van der Waals surface area contributed by atoms with E-state index in [1.54, 1.807) is 72.5 Å². The molecule has 2 saturated heterocycles. The van der Waals surface area contributed by atoms with Crippen LogP contribution in [0.25, 0.3) is 0 Å². The molecular weight excluding hydrogens is 1130 g/mol. The minimum atomic E-state index is -1.68. The molecule has 0 radical (unpaired) electrons. The first-order valence-corrected chi connectivity index (χ1v) is 31.1. The summed E-state index contributed by atoms with van der Waals surface area (Å²) in [5, 5.41) is 19.7. The lowest BCUT2D eigenvalue weighted by Gasteiger charge is -2.39. The summed E-state index contributed by atoms with van der Waals surface area (Å²) in [5.41, 5.74) is 1.30. The van der Waals surface area contributed by atoms with E-state index in [9.17, 15) is 43.5 Å². The number of carbonyl (C=O) groups excluding carboxylic acids is 11. The number of likely N-dealkylation sites (N-methyl/N-ethyl adjacent to an activating group) is 6. The van der Waals surface area contributed by atoms with E-state index in [2.05, 4.69) is 16.0 Å². The minimum absolute atomic E-state index is 0.0306. The number of nitrogens with one attached hydrogen (secondary N) is 3. The van der Waals surface area contributed by atoms with Gasteiger partial charge in [0.15, 0.2) is 0 Å². The van der Waals surface area contributed by atoms with Crippen LogP contribution < -0.4 is 16.0 Å². The molecule has 0 aromatic heterocycles. The average molecular weight is 1230 g/mol. The first-order valence-electron chi connectivity index (χ1n) is 31.1. The zero-order chi connectivity index (χ0) is 66.0. The lowest BCUT2D eigenvalue weighted by Crippen LogP contribution is -2.63. The standard InChI is InChI=1S/C65H101N11O12/c1-17-42(6)55-64(87)75(16)51(36-41(4)5)62(85)74(15)52(38-47-29-23-19-24-30-47)63(86)73(14)50(37-46-27-21-18-22-28-46)59(82)68-56(45(9)77)65(88)71(12)44(8)60(83)72(13)49(35-40(2)3)58(81)66-48(61(84)76-32-25-20-26-33-76)39-54(79)69(10)34-31-53(78)70(11)43(7)57(80)67-55/h18-19,21-24,27-30,40-45,48-52,55-56,77H,17,20,25-26,31-39H2,1-16H3,(H,66,81)(H,67,80)(H,68,82)/t42-,43-,44-,45+,48-,49-,50-,51-,52-,55-,56-/m0/s1. The summed E-state index contributed by atoms with van der Waals surface area (Å²) in [6.07, 6.45) is 0.596. The van der Waals surface area contributed by atoms with Crippen molar-refractivity contribution < 1.29 is 57.8 Å². The molecule has 11 atom stereocenters. The molecule has 11 amide bonds. The number of likely N-dealkylation sites (tertiary alicyclic amines) is 1. The van der Waals surface area contributed by atoms with Crippen LogP contribution in [0.1, 0.15) is 125 Å². The number of hydrogen-bond acceptors (Lipinski definition) is 12. The number of benzene rings is 2. The van der Waals surface area contributed by atoms with Crippen molar-refractivity contribution in [3.63, 3.8) is 0 Å². The summed E-state index contributed by atoms with van der Waals surface area (Å²) in [6, 6.07) is 6.08. The average Bonchev–Trinajstić information content (AvgIpc) is 2.05. The number of hydrogen-bond donors (Lipinski definition) is 4. The van der Waals surface area contributed by atoms with Gasteiger partial charge >= 0.3 is 0 Å². The van der Waals surface area contributed by atoms with Gasteiger partial charge in [-0.2, -0.15) is 0 Å². The van der Waals surface area contributed by atoms with Crippen LogP contribution in [0.2, 0.25) is 0 Å². The lowest BCUT2D eigenvalue weighted by atomic mass is 9.94. The Morgan fingerprint density at radius 3 is 1.48 bits per heavy atom. The zero-order valence-electron chi connectivity index (χ0n) is 55.0. The Morgan fingerprint density at radius 1 is 0.500 bits per heavy atom. The lowest BCUT2D eigenvalue weighted by molar-refractivity contribution is -0.153. The van der Waals surface area contributed by atoms with Crippen molar-refractivity contribution in [2.24, 2.45) is 17.8 Å². The molecule has 4 N–H and O–H groups in total. The van der Waals surface area contributed by atoms with Crippen LogP contribution in [0.5, 0.6) is 0 Å². The van der Waals surface area contributed by atoms with Gasteiger partial charge in [-0.25, -0.2) is 0 Å². The summed E-state index contributed by atoms with van der Waals surface area (Å²) in [4.78, 5) is 171. The highest BCUT2D eigenvalue weighted by atomic mass is 16.3. The molecule has 0 saturated carbocycles. The van der Waals surface area contributed by atoms with E-state index >= 15 is 14.4 Å². The number of piperidine rings is 1. The summed E-state index contributed by atoms with van der Waals surface area (Å²) in [7, 11) is 9.96. The van der Waals surface area contributed by atoms with Gasteiger partial charge in [-0.1, -0.05) is 109 Å². The highest BCUT2D eigenvalue weighted by Gasteiger charge is 2.44. The fourth-order valence-corrected chi connectivity index (χ4v) is 11.1. The van der Waals surface area contributed by atoms with Crippen molar-refractivity contribution in [1.29, 1.82) is 0 Å². The van der Waals surface area contributed by atoms with Crippen molar-refractivity contribution in [3.05, 3.63) is 71.8 Å². The molecule has 88 heavy (non-hydrogen) atoms. The Morgan fingerprint density at radius 2 is 0.955 bits per heavy atom. The number of aliphatic hydroxyl groups excluding tert-OH is 1. The number of nitrogens with zero attached hydrogens (tertiary/aromatic N) is 8. The molecule has 0 bridgehead atoms. The SMILES string of the molecule is CC[C@H](C)[C@@H]1NC(=O)[C@H](C)N(C)C(=O)CCN(C)C(=O)C[C@@H](C(=O)N2CCCCC2)NC(=O)[C@H](CC(C)C)N(C)C(=O)[C@H](C)N(C)C(=O)[C@H]([C@@H](C)O)NC(=O)[C@H](Cc2ccccc2)N(C)C(=O)[C@H](Cc2ccccc2)N(C)C(=O)[C@H](CC(C)C)N(C)C1=O. The molecule has 2 aliphatic heterocycles. The maximum absolute atomic E-state index is 15.5. The predicted octanol–water partition coefficient (Wildman–Crippen LogP) is 2.71. The van der Waals surface area contributed by atoms with Gasteiger partial charge in [0.05, 0.1) is 12.5 Å². The normalized spacial score (nSPS) is 26.0. The summed E-state index contributed by atoms with van der Waals surface area (Å²) < 4.78 is 0. The molecule has 0 aliphatic carbocycles. The molecular formula is C65H101N11O12. The molecule has 2 heterocycles. The van der Waals surface area contributed by atoms with E-state index in [1.165, 1.54) is 99.5 Å². The largest absolute Gasteiger partial charge is 0.391 e. The topological polar surface area (TPSA) is 270 Å². The van der Waals surface area contributed by atoms with Gasteiger partial charge in [0, 0.05) is 88.2 Å². The Kier molecular flexibility index (Phi) is 28.0. The Balaban J connectivity index is 1.90. The van der Waals surface area contributed by atoms with Crippen LogP contribution in [0.4, 0.5) is 0 Å². The van der Waals surface area contributed by atoms with E-state index in [1.807, 2.05) is 34.6 Å². The van der Waals surface area contributed by atoms with E-state index < -0.39 is 138 Å². The Hall–Kier alpha value is -7.43. The first kappa shape index (κ1) is 73.0. The fraction of sp³-hybridized carbons (Fsp3) is 0.646. The second-order valence-corrected chi connectivity index (χ2v) is 25.1. The molecule has 2 aromatic carbocycles. The monoisotopic (exact) mass is 1230 g/mol. The van der Waals surface area contributed by atoms with E-state index in [0.717, 1.165) is 11.3 Å². The van der Waals surface area contributed by atoms with Crippen LogP contribution in [0.3, 0.4) is 0 Å². The molecule has 23 nitrogen and oxygen atoms in total. The van der Waals surface area contributed by atoms with Gasteiger partial charge in [0.2, 0.25) is 65.0 Å². The molecule has 488 valence electrons. The minimum Gasteiger partial charge on any atom is -0.391 e. The van der Waals surface area contributed by atoms with E-state index in [4.69, 9.17) is 0 Å². The first-order chi connectivity index (χ1) is 41.3. The fourth-order valence-electron chi connectivity index (χ4n) is 11.1. The Bertz CT molecular complexity index is 2720. The van der Waals surface area contributed by atoms with Crippen molar-refractivity contribution in [2.45, 2.75) is 187 Å². The molecule has 4 rings (SSSR count). The quantitative estimate of drug-likeness (QED) is 0.239. The smallest absolute Gasteiger partial charge is 0.248 e. The van der Waals surface area contributed by atoms with Crippen LogP contribution in [-0.4, -0.2) is 239 Å². The number of carbonyl (C=O) groups is 11. The number of amides is 11. The van der Waals surface area contributed by atoms with E-state index in [-0.39, 0.29) is 50.5 Å². The second-order valence-electron chi connectivity index (χ2n) is 25.1. The van der Waals surface area contributed by atoms with Gasteiger partial charge in [-0.3, -0.25) is 52.7 Å². The molecule has 0 unspecified atom stereocenters. The van der Waals surface area contributed by atoms with Gasteiger partial charge in [-0.05, 0) is 81.8 Å². The number of aliphatic hydroxyl groups is 1. The van der Waals surface area contributed by atoms with Crippen LogP contribution in [0, 0.1) is 17.8 Å². The van der Waals surface area contributed by atoms with Gasteiger partial charge in [-0.15, -0.1) is 0 Å². The van der Waals surface area contributed by atoms with Gasteiger partial charge < -0.3 is 60.3 Å². The van der Waals surface area contributed by atoms with Crippen molar-refractivity contribution in [2.75, 3.05) is 69.0 Å². The van der Waals surface area contributed by atoms with Crippen LogP contribution >= 0.6 is 0 Å². The molecule has 2 fully saturated rings. The van der Waals surface area contributed by atoms with Crippen LogP contribution in [-0.2, 0) is 65.6 Å². The molecule has 2 aromatic rings. The van der Waals surface area contributed by atoms with Crippen molar-refractivity contribution in [3.8, 4) is 0 Å². The molecule has 2 aliphatic rings. The molecule has 0 spiro atoms. The number of rotatable bonds is 12.